The van der Waals surface area contributed by atoms with Gasteiger partial charge < -0.3 is 4.74 Å². The van der Waals surface area contributed by atoms with Crippen LogP contribution in [0, 0.1) is 11.3 Å². The molecule has 2 aromatic heterocycles. The zero-order chi connectivity index (χ0) is 26.7. The summed E-state index contributed by atoms with van der Waals surface area (Å²) >= 11 is 0. The van der Waals surface area contributed by atoms with E-state index >= 15 is 0 Å². The SMILES string of the molecule is C[C@@H]1CN(Cc2cc(C(F)(F)F)c3cn(C4CCCC(C5(C6NNCN6C)CCC5)C4)c(=O)n3c2)CCO1. The molecule has 38 heavy (non-hydrogen) atoms. The summed E-state index contributed by atoms with van der Waals surface area (Å²) in [6.07, 6.45) is 6.00. The van der Waals surface area contributed by atoms with Gasteiger partial charge in [0.2, 0.25) is 0 Å². The molecular formula is C27H39F3N6O2. The molecule has 3 unspecified atom stereocenters. The van der Waals surface area contributed by atoms with Gasteiger partial charge in [-0.05, 0) is 63.6 Å². The van der Waals surface area contributed by atoms with E-state index < -0.39 is 11.7 Å². The van der Waals surface area contributed by atoms with Crippen LogP contribution in [0.5, 0.6) is 0 Å². The lowest BCUT2D eigenvalue weighted by Crippen LogP contribution is -2.57. The van der Waals surface area contributed by atoms with Gasteiger partial charge >= 0.3 is 11.9 Å². The van der Waals surface area contributed by atoms with Crippen LogP contribution in [0.3, 0.4) is 0 Å². The molecule has 4 atom stereocenters. The number of nitrogens with one attached hydrogen (secondary N) is 2. The van der Waals surface area contributed by atoms with Crippen molar-refractivity contribution in [2.45, 2.75) is 82.9 Å². The minimum Gasteiger partial charge on any atom is -0.376 e. The van der Waals surface area contributed by atoms with Crippen LogP contribution >= 0.6 is 0 Å². The van der Waals surface area contributed by atoms with E-state index in [-0.39, 0.29) is 34.9 Å². The monoisotopic (exact) mass is 536 g/mol. The predicted octanol–water partition coefficient (Wildman–Crippen LogP) is 3.57. The Bertz CT molecular complexity index is 1220. The van der Waals surface area contributed by atoms with E-state index in [2.05, 4.69) is 27.7 Å². The van der Waals surface area contributed by atoms with Gasteiger partial charge in [0.25, 0.3) is 0 Å². The maximum Gasteiger partial charge on any atom is 0.418 e. The van der Waals surface area contributed by atoms with E-state index in [1.165, 1.54) is 23.1 Å². The van der Waals surface area contributed by atoms with Crippen LogP contribution in [0.2, 0.25) is 0 Å². The summed E-state index contributed by atoms with van der Waals surface area (Å²) in [6, 6.07) is 1.13. The van der Waals surface area contributed by atoms with Crippen LogP contribution in [-0.2, 0) is 17.5 Å². The first-order valence-corrected chi connectivity index (χ1v) is 14.0. The maximum atomic E-state index is 14.2. The van der Waals surface area contributed by atoms with Gasteiger partial charge in [-0.2, -0.15) is 13.2 Å². The highest BCUT2D eigenvalue weighted by molar-refractivity contribution is 5.56. The number of morpholine rings is 1. The Kier molecular flexibility index (Phi) is 6.87. The Hall–Kier alpha value is -1.92. The van der Waals surface area contributed by atoms with Crippen molar-refractivity contribution < 1.29 is 17.9 Å². The fourth-order valence-electron chi connectivity index (χ4n) is 7.61. The Balaban J connectivity index is 1.32. The number of pyridine rings is 1. The molecule has 2 saturated heterocycles. The molecule has 4 fully saturated rings. The predicted molar refractivity (Wildman–Crippen MR) is 137 cm³/mol. The molecule has 210 valence electrons. The maximum absolute atomic E-state index is 14.2. The highest BCUT2D eigenvalue weighted by Crippen LogP contribution is 2.56. The van der Waals surface area contributed by atoms with Crippen molar-refractivity contribution in [1.82, 2.24) is 29.6 Å². The van der Waals surface area contributed by atoms with Gasteiger partial charge in [0.15, 0.2) is 0 Å². The van der Waals surface area contributed by atoms with Crippen molar-refractivity contribution in [3.05, 3.63) is 40.1 Å². The molecule has 2 saturated carbocycles. The zero-order valence-electron chi connectivity index (χ0n) is 22.3. The molecule has 0 aromatic carbocycles. The molecule has 0 amide bonds. The lowest BCUT2D eigenvalue weighted by molar-refractivity contribution is -0.136. The minimum atomic E-state index is -4.55. The molecule has 6 rings (SSSR count). The fraction of sp³-hybridized carbons (Fsp3) is 0.741. The van der Waals surface area contributed by atoms with Crippen molar-refractivity contribution in [3.8, 4) is 0 Å². The average Bonchev–Trinajstić information content (AvgIpc) is 3.41. The van der Waals surface area contributed by atoms with Gasteiger partial charge in [-0.3, -0.25) is 18.8 Å². The van der Waals surface area contributed by atoms with Crippen LogP contribution in [0.15, 0.2) is 23.3 Å². The highest BCUT2D eigenvalue weighted by Gasteiger charge is 2.53. The number of hydrazine groups is 1. The topological polar surface area (TPSA) is 66.2 Å². The second kappa shape index (κ2) is 9.92. The van der Waals surface area contributed by atoms with Gasteiger partial charge in [0, 0.05) is 43.5 Å². The first-order valence-electron chi connectivity index (χ1n) is 14.0. The van der Waals surface area contributed by atoms with Crippen LogP contribution in [0.25, 0.3) is 5.52 Å². The Morgan fingerprint density at radius 1 is 1.18 bits per heavy atom. The first kappa shape index (κ1) is 26.3. The summed E-state index contributed by atoms with van der Waals surface area (Å²) in [6.45, 7) is 4.97. The van der Waals surface area contributed by atoms with Crippen LogP contribution in [-0.4, -0.2) is 64.5 Å². The second-order valence-corrected chi connectivity index (χ2v) is 12.0. The number of fused-ring (bicyclic) bond motifs is 1. The minimum absolute atomic E-state index is 0.0339. The molecule has 4 aliphatic rings. The summed E-state index contributed by atoms with van der Waals surface area (Å²) in [4.78, 5) is 18.0. The molecule has 0 bridgehead atoms. The Morgan fingerprint density at radius 2 is 2.00 bits per heavy atom. The molecule has 2 N–H and O–H groups in total. The Morgan fingerprint density at radius 3 is 2.66 bits per heavy atom. The lowest BCUT2D eigenvalue weighted by Gasteiger charge is -2.55. The lowest BCUT2D eigenvalue weighted by atomic mass is 9.55. The number of rotatable bonds is 5. The van der Waals surface area contributed by atoms with E-state index in [0.29, 0.717) is 37.7 Å². The van der Waals surface area contributed by atoms with Crippen molar-refractivity contribution in [2.75, 3.05) is 33.4 Å². The first-order chi connectivity index (χ1) is 18.2. The van der Waals surface area contributed by atoms with Crippen LogP contribution in [0.4, 0.5) is 13.2 Å². The number of hydrogen-bond donors (Lipinski definition) is 2. The fourth-order valence-corrected chi connectivity index (χ4v) is 7.61. The third-order valence-corrected chi connectivity index (χ3v) is 9.58. The Labute approximate surface area is 221 Å². The molecule has 8 nitrogen and oxygen atoms in total. The third kappa shape index (κ3) is 4.60. The average molecular weight is 537 g/mol. The van der Waals surface area contributed by atoms with Crippen LogP contribution in [0.1, 0.15) is 69.0 Å². The van der Waals surface area contributed by atoms with Crippen LogP contribution < -0.4 is 16.5 Å². The summed E-state index contributed by atoms with van der Waals surface area (Å²) in [5.41, 5.74) is 6.21. The van der Waals surface area contributed by atoms with E-state index in [9.17, 15) is 18.0 Å². The number of halogens is 3. The normalized spacial score (nSPS) is 31.1. The van der Waals surface area contributed by atoms with E-state index in [4.69, 9.17) is 4.74 Å². The quantitative estimate of drug-likeness (QED) is 0.610. The highest BCUT2D eigenvalue weighted by atomic mass is 19.4. The smallest absolute Gasteiger partial charge is 0.376 e. The van der Waals surface area contributed by atoms with Crippen molar-refractivity contribution in [2.24, 2.45) is 11.3 Å². The molecule has 0 radical (unpaired) electrons. The summed E-state index contributed by atoms with van der Waals surface area (Å²) in [7, 11) is 2.12. The molecule has 2 aromatic rings. The molecule has 11 heteroatoms. The molecule has 4 heterocycles. The number of alkyl halides is 3. The largest absolute Gasteiger partial charge is 0.418 e. The molecular weight excluding hydrogens is 497 g/mol. The van der Waals surface area contributed by atoms with Gasteiger partial charge in [0.05, 0.1) is 36.6 Å². The number of aromatic nitrogens is 2. The van der Waals surface area contributed by atoms with Crippen molar-refractivity contribution >= 4 is 5.52 Å². The van der Waals surface area contributed by atoms with Gasteiger partial charge in [-0.15, -0.1) is 0 Å². The number of imidazole rings is 1. The summed E-state index contributed by atoms with van der Waals surface area (Å²) in [5.74, 6) is 0.422. The summed E-state index contributed by atoms with van der Waals surface area (Å²) < 4.78 is 51.1. The van der Waals surface area contributed by atoms with E-state index in [1.807, 2.05) is 6.92 Å². The number of hydrogen-bond acceptors (Lipinski definition) is 6. The van der Waals surface area contributed by atoms with Gasteiger partial charge in [0.1, 0.15) is 0 Å². The van der Waals surface area contributed by atoms with Gasteiger partial charge in [-0.1, -0.05) is 12.8 Å². The zero-order valence-corrected chi connectivity index (χ0v) is 22.3. The number of ether oxygens (including phenoxy) is 1. The van der Waals surface area contributed by atoms with Crippen molar-refractivity contribution in [3.63, 3.8) is 0 Å². The van der Waals surface area contributed by atoms with E-state index in [1.54, 1.807) is 10.8 Å². The third-order valence-electron chi connectivity index (χ3n) is 9.58. The second-order valence-electron chi connectivity index (χ2n) is 12.0. The molecule has 2 aliphatic heterocycles. The number of nitrogens with zero attached hydrogens (tertiary/aromatic N) is 4. The molecule has 2 aliphatic carbocycles. The van der Waals surface area contributed by atoms with Crippen molar-refractivity contribution in [1.29, 1.82) is 0 Å². The molecule has 0 spiro atoms. The van der Waals surface area contributed by atoms with Gasteiger partial charge in [-0.25, -0.2) is 15.6 Å². The van der Waals surface area contributed by atoms with E-state index in [0.717, 1.165) is 45.2 Å². The summed E-state index contributed by atoms with van der Waals surface area (Å²) in [5, 5.41) is 0. The standard InChI is InChI=1S/C27H39F3N6O2/c1-18-13-34(9-10-38-18)14-19-11-22(27(28,29)30)23-16-35(25(37)36(23)15-19)21-6-3-5-20(12-21)26(7-4-8-26)24-32-31-17-33(24)2/h11,15-16,18,20-21,24,31-32H,3-10,12-14,17H2,1-2H3/t18-,20?,21?,24?/m1/s1.